The third-order valence-electron chi connectivity index (χ3n) is 6.71. The number of rotatable bonds is 7. The molecule has 7 nitrogen and oxygen atoms in total. The number of benzene rings is 2. The molecule has 2 atom stereocenters. The van der Waals surface area contributed by atoms with Gasteiger partial charge in [0.2, 0.25) is 5.91 Å². The van der Waals surface area contributed by atoms with Crippen molar-refractivity contribution in [1.29, 1.82) is 0 Å². The van der Waals surface area contributed by atoms with Crippen LogP contribution in [0.4, 0.5) is 8.78 Å². The quantitative estimate of drug-likeness (QED) is 0.659. The van der Waals surface area contributed by atoms with Crippen molar-refractivity contribution in [1.82, 2.24) is 15.2 Å². The van der Waals surface area contributed by atoms with Gasteiger partial charge in [-0.2, -0.15) is 5.10 Å². The predicted molar refractivity (Wildman–Crippen MR) is 125 cm³/mol. The van der Waals surface area contributed by atoms with E-state index in [1.807, 2.05) is 35.2 Å². The number of hydrazone groups is 1. The van der Waals surface area contributed by atoms with Crippen molar-refractivity contribution in [3.8, 4) is 0 Å². The Morgan fingerprint density at radius 3 is 2.54 bits per heavy atom. The van der Waals surface area contributed by atoms with Crippen molar-refractivity contribution in [2.24, 2.45) is 11.0 Å². The lowest BCUT2D eigenvalue weighted by Gasteiger charge is -2.29. The van der Waals surface area contributed by atoms with E-state index in [9.17, 15) is 18.4 Å². The van der Waals surface area contributed by atoms with Gasteiger partial charge in [-0.3, -0.25) is 14.5 Å². The van der Waals surface area contributed by atoms with Crippen molar-refractivity contribution in [2.75, 3.05) is 32.8 Å². The van der Waals surface area contributed by atoms with Crippen LogP contribution in [0.3, 0.4) is 0 Å². The molecule has 2 aromatic rings. The number of carbonyl (C=O) groups excluding carboxylic acids is 2. The topological polar surface area (TPSA) is 74.2 Å². The van der Waals surface area contributed by atoms with E-state index in [0.717, 1.165) is 36.6 Å². The van der Waals surface area contributed by atoms with Gasteiger partial charge >= 0.3 is 0 Å². The Labute approximate surface area is 202 Å². The molecule has 0 bridgehead atoms. The molecule has 5 rings (SSSR count). The maximum absolute atomic E-state index is 14.5. The molecular weight excluding hydrogens is 454 g/mol. The Kier molecular flexibility index (Phi) is 6.88. The molecule has 35 heavy (non-hydrogen) atoms. The van der Waals surface area contributed by atoms with Crippen molar-refractivity contribution < 1.29 is 23.1 Å². The summed E-state index contributed by atoms with van der Waals surface area (Å²) in [6.07, 6.45) is 1.93. The Bertz CT molecular complexity index is 1120. The minimum absolute atomic E-state index is 0.0396. The van der Waals surface area contributed by atoms with E-state index in [0.29, 0.717) is 32.0 Å². The van der Waals surface area contributed by atoms with Crippen LogP contribution in [-0.2, 0) is 14.3 Å². The van der Waals surface area contributed by atoms with E-state index >= 15 is 0 Å². The number of halogens is 2. The monoisotopic (exact) mass is 482 g/mol. The van der Waals surface area contributed by atoms with Gasteiger partial charge in [-0.05, 0) is 42.5 Å². The molecule has 184 valence electrons. The lowest BCUT2D eigenvalue weighted by Crippen LogP contribution is -2.51. The second-order valence-electron chi connectivity index (χ2n) is 9.26. The molecule has 1 aliphatic carbocycles. The number of amides is 2. The van der Waals surface area contributed by atoms with Crippen LogP contribution in [0, 0.1) is 17.6 Å². The highest BCUT2D eigenvalue weighted by molar-refractivity contribution is 6.04. The number of morpholine rings is 1. The Hall–Kier alpha value is -3.17. The van der Waals surface area contributed by atoms with Crippen molar-refractivity contribution >= 4 is 17.5 Å². The van der Waals surface area contributed by atoms with Crippen LogP contribution in [0.25, 0.3) is 0 Å². The summed E-state index contributed by atoms with van der Waals surface area (Å²) in [5, 5.41) is 8.78. The van der Waals surface area contributed by atoms with Gasteiger partial charge in [0.25, 0.3) is 5.91 Å². The first kappa shape index (κ1) is 23.6. The van der Waals surface area contributed by atoms with Crippen molar-refractivity contribution in [3.63, 3.8) is 0 Å². The van der Waals surface area contributed by atoms with Crippen LogP contribution < -0.4 is 5.32 Å². The zero-order valence-corrected chi connectivity index (χ0v) is 19.3. The fraction of sp³-hybridized carbons (Fsp3) is 0.423. The summed E-state index contributed by atoms with van der Waals surface area (Å²) in [5.74, 6) is -1.67. The fourth-order valence-corrected chi connectivity index (χ4v) is 4.66. The van der Waals surface area contributed by atoms with E-state index in [2.05, 4.69) is 10.4 Å². The van der Waals surface area contributed by atoms with Gasteiger partial charge in [0, 0.05) is 25.1 Å². The molecule has 2 heterocycles. The molecule has 0 spiro atoms. The summed E-state index contributed by atoms with van der Waals surface area (Å²) in [5.41, 5.74) is 1.18. The highest BCUT2D eigenvalue weighted by Crippen LogP contribution is 2.38. The van der Waals surface area contributed by atoms with Gasteiger partial charge in [0.1, 0.15) is 17.7 Å². The Morgan fingerprint density at radius 1 is 1.09 bits per heavy atom. The van der Waals surface area contributed by atoms with Crippen molar-refractivity contribution in [3.05, 3.63) is 71.3 Å². The Balaban J connectivity index is 1.40. The Morgan fingerprint density at radius 2 is 1.83 bits per heavy atom. The SMILES string of the molecule is O=C(CN1CCOCC1)NC(C(=O)N1N=C(c2cc(F)ccc2F)CC1c1ccccc1)C1CC1. The van der Waals surface area contributed by atoms with Crippen LogP contribution in [0.2, 0.25) is 0 Å². The summed E-state index contributed by atoms with van der Waals surface area (Å²) in [6.45, 7) is 2.71. The summed E-state index contributed by atoms with van der Waals surface area (Å²) >= 11 is 0. The van der Waals surface area contributed by atoms with Gasteiger partial charge in [-0.1, -0.05) is 30.3 Å². The van der Waals surface area contributed by atoms with E-state index in [4.69, 9.17) is 4.74 Å². The first-order valence-corrected chi connectivity index (χ1v) is 12.0. The summed E-state index contributed by atoms with van der Waals surface area (Å²) in [6, 6.07) is 11.4. The lowest BCUT2D eigenvalue weighted by atomic mass is 9.97. The normalized spacial score (nSPS) is 21.5. The molecule has 2 amide bonds. The molecule has 0 aromatic heterocycles. The molecule has 1 N–H and O–H groups in total. The zero-order chi connectivity index (χ0) is 24.4. The first-order chi connectivity index (χ1) is 17.0. The first-order valence-electron chi connectivity index (χ1n) is 12.0. The highest BCUT2D eigenvalue weighted by Gasteiger charge is 2.43. The standard InChI is InChI=1S/C26H28F2N4O3/c27-19-8-9-21(28)20(14-19)22-15-23(17-4-2-1-3-5-17)32(30-22)26(34)25(18-6-7-18)29-24(33)16-31-10-12-35-13-11-31/h1-5,8-9,14,18,23,25H,6-7,10-13,15-16H2,(H,29,33). The summed E-state index contributed by atoms with van der Waals surface area (Å²) < 4.78 is 33.8. The molecular formula is C26H28F2N4O3. The molecule has 9 heteroatoms. The van der Waals surface area contributed by atoms with Gasteiger partial charge in [0.15, 0.2) is 0 Å². The maximum atomic E-state index is 14.5. The highest BCUT2D eigenvalue weighted by atomic mass is 19.1. The molecule has 2 aliphatic heterocycles. The number of nitrogens with one attached hydrogen (secondary N) is 1. The zero-order valence-electron chi connectivity index (χ0n) is 19.3. The molecule has 2 unspecified atom stereocenters. The van der Waals surface area contributed by atoms with Crippen LogP contribution in [0.1, 0.15) is 36.4 Å². The van der Waals surface area contributed by atoms with Crippen LogP contribution in [-0.4, -0.2) is 66.3 Å². The minimum atomic E-state index is -0.713. The number of carbonyl (C=O) groups is 2. The molecule has 3 aliphatic rings. The second kappa shape index (κ2) is 10.2. The van der Waals surface area contributed by atoms with E-state index < -0.39 is 23.7 Å². The number of nitrogens with zero attached hydrogens (tertiary/aromatic N) is 3. The van der Waals surface area contributed by atoms with Gasteiger partial charge in [-0.15, -0.1) is 0 Å². The minimum Gasteiger partial charge on any atom is -0.379 e. The van der Waals surface area contributed by atoms with E-state index in [1.165, 1.54) is 5.01 Å². The smallest absolute Gasteiger partial charge is 0.266 e. The second-order valence-corrected chi connectivity index (χ2v) is 9.26. The largest absolute Gasteiger partial charge is 0.379 e. The third-order valence-corrected chi connectivity index (χ3v) is 6.71. The average molecular weight is 483 g/mol. The fourth-order valence-electron chi connectivity index (χ4n) is 4.66. The predicted octanol–water partition coefficient (Wildman–Crippen LogP) is 2.87. The van der Waals surface area contributed by atoms with E-state index in [-0.39, 0.29) is 36.3 Å². The van der Waals surface area contributed by atoms with Crippen molar-refractivity contribution in [2.45, 2.75) is 31.3 Å². The third kappa shape index (κ3) is 5.41. The van der Waals surface area contributed by atoms with Gasteiger partial charge in [-0.25, -0.2) is 13.8 Å². The van der Waals surface area contributed by atoms with Crippen LogP contribution in [0.5, 0.6) is 0 Å². The average Bonchev–Trinajstić information content (AvgIpc) is 3.62. The van der Waals surface area contributed by atoms with E-state index in [1.54, 1.807) is 0 Å². The van der Waals surface area contributed by atoms with Gasteiger partial charge < -0.3 is 10.1 Å². The summed E-state index contributed by atoms with van der Waals surface area (Å²) in [7, 11) is 0. The van der Waals surface area contributed by atoms with Crippen LogP contribution in [0.15, 0.2) is 53.6 Å². The molecule has 1 saturated carbocycles. The molecule has 2 aromatic carbocycles. The van der Waals surface area contributed by atoms with Gasteiger partial charge in [0.05, 0.1) is 31.5 Å². The maximum Gasteiger partial charge on any atom is 0.266 e. The lowest BCUT2D eigenvalue weighted by molar-refractivity contribution is -0.139. The molecule has 1 saturated heterocycles. The summed E-state index contributed by atoms with van der Waals surface area (Å²) in [4.78, 5) is 28.6. The molecule has 2 fully saturated rings. The van der Waals surface area contributed by atoms with Crippen LogP contribution >= 0.6 is 0 Å². The number of hydrogen-bond acceptors (Lipinski definition) is 5. The number of ether oxygens (including phenoxy) is 1. The number of hydrogen-bond donors (Lipinski definition) is 1. The molecule has 0 radical (unpaired) electrons.